The second-order valence-corrected chi connectivity index (χ2v) is 9.90. The van der Waals surface area contributed by atoms with Gasteiger partial charge in [0.1, 0.15) is 11.9 Å². The molecular formula is C26H32N2O2. The second kappa shape index (κ2) is 6.90. The fourth-order valence-electron chi connectivity index (χ4n) is 4.68. The maximum absolute atomic E-state index is 13.2. The van der Waals surface area contributed by atoms with Crippen molar-refractivity contribution in [1.29, 1.82) is 0 Å². The molecule has 0 aromatic heterocycles. The van der Waals surface area contributed by atoms with Crippen molar-refractivity contribution in [2.24, 2.45) is 0 Å². The summed E-state index contributed by atoms with van der Waals surface area (Å²) in [5.74, 6) is 0.682. The fourth-order valence-corrected chi connectivity index (χ4v) is 4.68. The molecule has 2 aromatic rings. The molecule has 1 amide bonds. The molecule has 0 aliphatic carbocycles. The molecule has 158 valence electrons. The minimum absolute atomic E-state index is 0.0561. The van der Waals surface area contributed by atoms with Crippen LogP contribution in [0.2, 0.25) is 0 Å². The first-order valence-corrected chi connectivity index (χ1v) is 10.7. The van der Waals surface area contributed by atoms with Crippen LogP contribution in [-0.2, 0) is 5.41 Å². The normalized spacial score (nSPS) is 19.7. The number of hydrogen-bond donors (Lipinski definition) is 1. The molecule has 0 saturated heterocycles. The monoisotopic (exact) mass is 404 g/mol. The Hall–Kier alpha value is -2.75. The van der Waals surface area contributed by atoms with Crippen molar-refractivity contribution in [1.82, 2.24) is 5.32 Å². The van der Waals surface area contributed by atoms with Gasteiger partial charge in [-0.25, -0.2) is 0 Å². The molecule has 1 unspecified atom stereocenters. The van der Waals surface area contributed by atoms with Crippen LogP contribution in [0, 0.1) is 0 Å². The summed E-state index contributed by atoms with van der Waals surface area (Å²) in [4.78, 5) is 15.5. The molecule has 0 radical (unpaired) electrons. The lowest BCUT2D eigenvalue weighted by molar-refractivity contribution is 0.0921. The van der Waals surface area contributed by atoms with E-state index in [0.717, 1.165) is 22.6 Å². The molecule has 2 aliphatic heterocycles. The lowest BCUT2D eigenvalue weighted by Crippen LogP contribution is -2.56. The van der Waals surface area contributed by atoms with Crippen molar-refractivity contribution in [3.05, 3.63) is 64.7 Å². The predicted molar refractivity (Wildman–Crippen MR) is 123 cm³/mol. The first kappa shape index (κ1) is 20.5. The summed E-state index contributed by atoms with van der Waals surface area (Å²) in [5, 5.41) is 3.25. The number of hydrogen-bond acceptors (Lipinski definition) is 3. The van der Waals surface area contributed by atoms with E-state index in [1.165, 1.54) is 11.1 Å². The Morgan fingerprint density at radius 3 is 2.33 bits per heavy atom. The molecular weight excluding hydrogens is 372 g/mol. The zero-order valence-corrected chi connectivity index (χ0v) is 19.1. The van der Waals surface area contributed by atoms with E-state index in [1.54, 1.807) is 0 Å². The van der Waals surface area contributed by atoms with E-state index in [4.69, 9.17) is 4.74 Å². The number of amides is 1. The summed E-state index contributed by atoms with van der Waals surface area (Å²) in [7, 11) is 0. The number of rotatable bonds is 3. The van der Waals surface area contributed by atoms with Crippen LogP contribution in [0.1, 0.15) is 81.7 Å². The van der Waals surface area contributed by atoms with E-state index < -0.39 is 0 Å². The smallest absolute Gasteiger partial charge is 0.255 e. The van der Waals surface area contributed by atoms with Crippen molar-refractivity contribution in [3.63, 3.8) is 0 Å². The molecule has 1 N–H and O–H groups in total. The number of ether oxygens (including phenoxy) is 1. The van der Waals surface area contributed by atoms with E-state index in [-0.39, 0.29) is 23.0 Å². The molecule has 2 aliphatic rings. The van der Waals surface area contributed by atoms with Crippen LogP contribution in [0.15, 0.2) is 42.5 Å². The number of nitrogens with one attached hydrogen (secondary N) is 1. The maximum atomic E-state index is 13.2. The molecule has 0 spiro atoms. The number of allylic oxidation sites excluding steroid dienone is 1. The zero-order chi connectivity index (χ0) is 21.8. The Morgan fingerprint density at radius 1 is 1.10 bits per heavy atom. The lowest BCUT2D eigenvalue weighted by Gasteiger charge is -2.51. The molecule has 4 rings (SSSR count). The number of benzene rings is 2. The summed E-state index contributed by atoms with van der Waals surface area (Å²) < 4.78 is 5.75. The SMILES string of the molecule is CCOc1cc2c3c(c1)C(C)=CC(C)(C)N3C(c1ccc(C(C)(C)C)cc1)NC2=O. The van der Waals surface area contributed by atoms with Crippen LogP contribution in [-0.4, -0.2) is 18.1 Å². The van der Waals surface area contributed by atoms with Gasteiger partial charge >= 0.3 is 0 Å². The molecule has 0 saturated carbocycles. The van der Waals surface area contributed by atoms with E-state index in [0.29, 0.717) is 12.2 Å². The van der Waals surface area contributed by atoms with Gasteiger partial charge in [-0.15, -0.1) is 0 Å². The third-order valence-electron chi connectivity index (χ3n) is 6.11. The first-order valence-electron chi connectivity index (χ1n) is 10.7. The van der Waals surface area contributed by atoms with Gasteiger partial charge in [-0.05, 0) is 61.9 Å². The average Bonchev–Trinajstić information content (AvgIpc) is 2.66. The van der Waals surface area contributed by atoms with Crippen LogP contribution in [0.4, 0.5) is 5.69 Å². The van der Waals surface area contributed by atoms with Gasteiger partial charge in [0.15, 0.2) is 0 Å². The maximum Gasteiger partial charge on any atom is 0.255 e. The van der Waals surface area contributed by atoms with Crippen molar-refractivity contribution in [2.45, 2.75) is 65.6 Å². The standard InChI is InChI=1S/C26H32N2O2/c1-8-30-19-13-20-16(2)15-26(6,7)28-22(20)21(14-19)24(29)27-23(28)17-9-11-18(12-10-17)25(3,4)5/h9-15,23H,8H2,1-7H3,(H,27,29). The quantitative estimate of drug-likeness (QED) is 0.700. The third kappa shape index (κ3) is 3.28. The molecule has 1 atom stereocenters. The Labute approximate surface area is 179 Å². The second-order valence-electron chi connectivity index (χ2n) is 9.90. The van der Waals surface area contributed by atoms with Gasteiger partial charge in [-0.2, -0.15) is 0 Å². The highest BCUT2D eigenvalue weighted by Gasteiger charge is 2.43. The summed E-state index contributed by atoms with van der Waals surface area (Å²) in [6.45, 7) is 15.7. The Kier molecular flexibility index (Phi) is 4.72. The topological polar surface area (TPSA) is 41.6 Å². The van der Waals surface area contributed by atoms with E-state index >= 15 is 0 Å². The van der Waals surface area contributed by atoms with E-state index in [2.05, 4.69) is 88.2 Å². The van der Waals surface area contributed by atoms with Gasteiger partial charge in [0.05, 0.1) is 23.4 Å². The van der Waals surface area contributed by atoms with Crippen molar-refractivity contribution >= 4 is 17.2 Å². The fraction of sp³-hybridized carbons (Fsp3) is 0.423. The molecule has 2 heterocycles. The van der Waals surface area contributed by atoms with Crippen LogP contribution in [0.25, 0.3) is 5.57 Å². The number of carbonyl (C=O) groups is 1. The molecule has 2 aromatic carbocycles. The van der Waals surface area contributed by atoms with Gasteiger partial charge < -0.3 is 15.0 Å². The third-order valence-corrected chi connectivity index (χ3v) is 6.11. The Bertz CT molecular complexity index is 1030. The summed E-state index contributed by atoms with van der Waals surface area (Å²) in [6, 6.07) is 12.6. The Morgan fingerprint density at radius 2 is 1.73 bits per heavy atom. The van der Waals surface area contributed by atoms with Crippen LogP contribution < -0.4 is 15.0 Å². The minimum atomic E-state index is -0.250. The van der Waals surface area contributed by atoms with Gasteiger partial charge in [-0.1, -0.05) is 51.1 Å². The minimum Gasteiger partial charge on any atom is -0.494 e. The lowest BCUT2D eigenvalue weighted by atomic mass is 9.83. The van der Waals surface area contributed by atoms with Crippen LogP contribution in [0.5, 0.6) is 5.75 Å². The van der Waals surface area contributed by atoms with Gasteiger partial charge in [0.2, 0.25) is 0 Å². The average molecular weight is 405 g/mol. The van der Waals surface area contributed by atoms with Crippen molar-refractivity contribution in [3.8, 4) is 5.75 Å². The highest BCUT2D eigenvalue weighted by Crippen LogP contribution is 2.48. The summed E-state index contributed by atoms with van der Waals surface area (Å²) in [6.07, 6.45) is 2.05. The molecule has 0 fully saturated rings. The van der Waals surface area contributed by atoms with E-state index in [9.17, 15) is 4.79 Å². The zero-order valence-electron chi connectivity index (χ0n) is 19.1. The first-order chi connectivity index (χ1) is 14.0. The molecule has 4 nitrogen and oxygen atoms in total. The van der Waals surface area contributed by atoms with Gasteiger partial charge in [0, 0.05) is 5.56 Å². The summed E-state index contributed by atoms with van der Waals surface area (Å²) in [5.41, 5.74) is 6.13. The molecule has 30 heavy (non-hydrogen) atoms. The van der Waals surface area contributed by atoms with Crippen LogP contribution >= 0.6 is 0 Å². The Balaban J connectivity index is 1.87. The molecule has 4 heteroatoms. The highest BCUT2D eigenvalue weighted by atomic mass is 16.5. The van der Waals surface area contributed by atoms with Crippen LogP contribution in [0.3, 0.4) is 0 Å². The number of nitrogens with zero attached hydrogens (tertiary/aromatic N) is 1. The van der Waals surface area contributed by atoms with Gasteiger partial charge in [-0.3, -0.25) is 4.79 Å². The van der Waals surface area contributed by atoms with Crippen molar-refractivity contribution < 1.29 is 9.53 Å². The highest BCUT2D eigenvalue weighted by molar-refractivity contribution is 6.06. The summed E-state index contributed by atoms with van der Waals surface area (Å²) >= 11 is 0. The number of carbonyl (C=O) groups excluding carboxylic acids is 1. The van der Waals surface area contributed by atoms with Gasteiger partial charge in [0.25, 0.3) is 5.91 Å². The molecule has 0 bridgehead atoms. The largest absolute Gasteiger partial charge is 0.494 e. The van der Waals surface area contributed by atoms with Crippen molar-refractivity contribution in [2.75, 3.05) is 11.5 Å². The predicted octanol–water partition coefficient (Wildman–Crippen LogP) is 5.83. The number of anilines is 1. The van der Waals surface area contributed by atoms with E-state index in [1.807, 2.05) is 13.0 Å².